The maximum atomic E-state index is 5.46. The van der Waals surface area contributed by atoms with Gasteiger partial charge in [0.25, 0.3) is 0 Å². The predicted octanol–water partition coefficient (Wildman–Crippen LogP) is 3.15. The van der Waals surface area contributed by atoms with Crippen LogP contribution >= 0.6 is 0 Å². The molecule has 1 aliphatic heterocycles. The normalized spacial score (nSPS) is 12.2. The molecular weight excluding hydrogens is 312 g/mol. The molecule has 0 amide bonds. The topological polar surface area (TPSA) is 75.8 Å². The van der Waals surface area contributed by atoms with Crippen LogP contribution in [0.2, 0.25) is 0 Å². The molecule has 0 N–H and O–H groups in total. The maximum absolute atomic E-state index is 5.46. The minimum Gasteiger partial charge on any atom is -0.495 e. The molecule has 122 valence electrons. The number of methoxy groups -OCH3 is 2. The molecule has 0 bridgehead atoms. The van der Waals surface area contributed by atoms with Crippen molar-refractivity contribution < 1.29 is 23.5 Å². The van der Waals surface area contributed by atoms with E-state index in [0.717, 1.165) is 16.8 Å². The molecular formula is C17H14N2O5. The fourth-order valence-corrected chi connectivity index (χ4v) is 2.55. The highest BCUT2D eigenvalue weighted by atomic mass is 16.7. The van der Waals surface area contributed by atoms with Crippen molar-refractivity contribution in [2.45, 2.75) is 0 Å². The van der Waals surface area contributed by atoms with Gasteiger partial charge in [0.15, 0.2) is 17.3 Å². The van der Waals surface area contributed by atoms with Crippen molar-refractivity contribution in [3.05, 3.63) is 36.7 Å². The highest BCUT2D eigenvalue weighted by Crippen LogP contribution is 2.45. The molecule has 3 aromatic rings. The highest BCUT2D eigenvalue weighted by Gasteiger charge is 2.23. The second-order valence-corrected chi connectivity index (χ2v) is 5.06. The van der Waals surface area contributed by atoms with Crippen molar-refractivity contribution in [2.75, 3.05) is 21.0 Å². The Hall–Kier alpha value is -3.22. The van der Waals surface area contributed by atoms with E-state index in [9.17, 15) is 0 Å². The van der Waals surface area contributed by atoms with E-state index in [1.165, 1.54) is 0 Å². The van der Waals surface area contributed by atoms with E-state index in [0.29, 0.717) is 28.8 Å². The molecule has 0 saturated heterocycles. The van der Waals surface area contributed by atoms with Gasteiger partial charge in [-0.2, -0.15) is 0 Å². The molecule has 2 aromatic heterocycles. The summed E-state index contributed by atoms with van der Waals surface area (Å²) in [4.78, 5) is 4.38. The first-order valence-corrected chi connectivity index (χ1v) is 7.23. The molecule has 0 unspecified atom stereocenters. The molecule has 7 heteroatoms. The molecule has 4 rings (SSSR count). The van der Waals surface area contributed by atoms with Crippen LogP contribution in [-0.4, -0.2) is 31.2 Å². The second kappa shape index (κ2) is 5.77. The van der Waals surface area contributed by atoms with Gasteiger partial charge < -0.3 is 23.5 Å². The Labute approximate surface area is 137 Å². The van der Waals surface area contributed by atoms with Crippen LogP contribution in [0.3, 0.4) is 0 Å². The molecule has 7 nitrogen and oxygen atoms in total. The fourth-order valence-electron chi connectivity index (χ4n) is 2.55. The standard InChI is InChI=1S/C17H14N2O5/c1-20-11-3-4-13(18-7-11)12-8-19-24-16(12)10-5-14(21-2)17-15(6-10)22-9-23-17/h3-8H,9H2,1-2H3. The minimum absolute atomic E-state index is 0.165. The molecule has 1 aromatic carbocycles. The zero-order valence-electron chi connectivity index (χ0n) is 13.1. The summed E-state index contributed by atoms with van der Waals surface area (Å²) in [5.41, 5.74) is 2.25. The average Bonchev–Trinajstić information content (AvgIpc) is 3.29. The van der Waals surface area contributed by atoms with Crippen LogP contribution in [0.1, 0.15) is 0 Å². The third kappa shape index (κ3) is 2.30. The molecule has 0 saturated carbocycles. The summed E-state index contributed by atoms with van der Waals surface area (Å²) >= 11 is 0. The van der Waals surface area contributed by atoms with Crippen molar-refractivity contribution >= 4 is 0 Å². The number of aromatic nitrogens is 2. The Morgan fingerprint density at radius 1 is 1.04 bits per heavy atom. The van der Waals surface area contributed by atoms with Gasteiger partial charge >= 0.3 is 0 Å². The van der Waals surface area contributed by atoms with E-state index in [1.54, 1.807) is 26.6 Å². The zero-order valence-corrected chi connectivity index (χ0v) is 13.1. The molecule has 0 radical (unpaired) electrons. The van der Waals surface area contributed by atoms with E-state index < -0.39 is 0 Å². The number of ether oxygens (including phenoxy) is 4. The molecule has 1 aliphatic rings. The second-order valence-electron chi connectivity index (χ2n) is 5.06. The van der Waals surface area contributed by atoms with Gasteiger partial charge in [-0.1, -0.05) is 5.16 Å². The summed E-state index contributed by atoms with van der Waals surface area (Å²) in [6.07, 6.45) is 3.27. The van der Waals surface area contributed by atoms with Crippen molar-refractivity contribution in [3.8, 4) is 45.6 Å². The maximum Gasteiger partial charge on any atom is 0.231 e. The first kappa shape index (κ1) is 14.4. The molecule has 3 heterocycles. The highest BCUT2D eigenvalue weighted by molar-refractivity contribution is 5.79. The molecule has 24 heavy (non-hydrogen) atoms. The molecule has 0 aliphatic carbocycles. The number of nitrogens with zero attached hydrogens (tertiary/aromatic N) is 2. The third-order valence-electron chi connectivity index (χ3n) is 3.74. The number of benzene rings is 1. The summed E-state index contributed by atoms with van der Waals surface area (Å²) in [5, 5.41) is 3.91. The van der Waals surface area contributed by atoms with Gasteiger partial charge in [-0.3, -0.25) is 4.98 Å². The van der Waals surface area contributed by atoms with Crippen molar-refractivity contribution in [2.24, 2.45) is 0 Å². The van der Waals surface area contributed by atoms with Crippen molar-refractivity contribution in [1.29, 1.82) is 0 Å². The summed E-state index contributed by atoms with van der Waals surface area (Å²) in [6.45, 7) is 0.165. The van der Waals surface area contributed by atoms with Gasteiger partial charge in [0.2, 0.25) is 12.5 Å². The summed E-state index contributed by atoms with van der Waals surface area (Å²) in [5.74, 6) is 3.02. The fraction of sp³-hybridized carbons (Fsp3) is 0.176. The average molecular weight is 326 g/mol. The van der Waals surface area contributed by atoms with Crippen LogP contribution in [0.5, 0.6) is 23.0 Å². The largest absolute Gasteiger partial charge is 0.495 e. The molecule has 0 spiro atoms. The van der Waals surface area contributed by atoms with Crippen LogP contribution in [-0.2, 0) is 0 Å². The molecule has 0 fully saturated rings. The number of fused-ring (bicyclic) bond motifs is 1. The van der Waals surface area contributed by atoms with Crippen LogP contribution in [0.4, 0.5) is 0 Å². The van der Waals surface area contributed by atoms with Crippen LogP contribution < -0.4 is 18.9 Å². The summed E-state index contributed by atoms with van der Waals surface area (Å²) in [6, 6.07) is 7.33. The predicted molar refractivity (Wildman–Crippen MR) is 84.4 cm³/mol. The number of pyridine rings is 1. The monoisotopic (exact) mass is 326 g/mol. The smallest absolute Gasteiger partial charge is 0.231 e. The SMILES string of the molecule is COc1ccc(-c2cnoc2-c2cc(OC)c3c(c2)OCO3)nc1. The lowest BCUT2D eigenvalue weighted by molar-refractivity contribution is 0.171. The molecule has 0 atom stereocenters. The van der Waals surface area contributed by atoms with Crippen LogP contribution in [0, 0.1) is 0 Å². The zero-order chi connectivity index (χ0) is 16.5. The van der Waals surface area contributed by atoms with Gasteiger partial charge in [0.05, 0.1) is 37.9 Å². The van der Waals surface area contributed by atoms with Crippen LogP contribution in [0.15, 0.2) is 41.2 Å². The lowest BCUT2D eigenvalue weighted by Gasteiger charge is -2.07. The van der Waals surface area contributed by atoms with E-state index in [2.05, 4.69) is 10.1 Å². The Morgan fingerprint density at radius 3 is 2.71 bits per heavy atom. The Bertz CT molecular complexity index is 873. The Kier molecular flexibility index (Phi) is 3.45. The third-order valence-corrected chi connectivity index (χ3v) is 3.74. The Balaban J connectivity index is 1.80. The van der Waals surface area contributed by atoms with Crippen molar-refractivity contribution in [3.63, 3.8) is 0 Å². The van der Waals surface area contributed by atoms with E-state index in [4.69, 9.17) is 23.5 Å². The quantitative estimate of drug-likeness (QED) is 0.729. The van der Waals surface area contributed by atoms with E-state index in [1.807, 2.05) is 24.3 Å². The van der Waals surface area contributed by atoms with Crippen LogP contribution in [0.25, 0.3) is 22.6 Å². The lowest BCUT2D eigenvalue weighted by atomic mass is 10.1. The summed E-state index contributed by atoms with van der Waals surface area (Å²) in [7, 11) is 3.17. The van der Waals surface area contributed by atoms with Crippen molar-refractivity contribution in [1.82, 2.24) is 10.1 Å². The van der Waals surface area contributed by atoms with E-state index >= 15 is 0 Å². The lowest BCUT2D eigenvalue weighted by Crippen LogP contribution is -1.93. The van der Waals surface area contributed by atoms with Gasteiger partial charge in [0, 0.05) is 5.56 Å². The van der Waals surface area contributed by atoms with E-state index in [-0.39, 0.29) is 6.79 Å². The first-order chi connectivity index (χ1) is 11.8. The van der Waals surface area contributed by atoms with Gasteiger partial charge in [-0.25, -0.2) is 0 Å². The number of hydrogen-bond acceptors (Lipinski definition) is 7. The number of rotatable bonds is 4. The minimum atomic E-state index is 0.165. The van der Waals surface area contributed by atoms with Gasteiger partial charge in [0.1, 0.15) is 5.75 Å². The summed E-state index contributed by atoms with van der Waals surface area (Å²) < 4.78 is 26.8. The Morgan fingerprint density at radius 2 is 1.96 bits per heavy atom. The van der Waals surface area contributed by atoms with Gasteiger partial charge in [-0.05, 0) is 24.3 Å². The number of hydrogen-bond donors (Lipinski definition) is 0. The van der Waals surface area contributed by atoms with Gasteiger partial charge in [-0.15, -0.1) is 0 Å². The first-order valence-electron chi connectivity index (χ1n) is 7.23.